The van der Waals surface area contributed by atoms with Crippen molar-refractivity contribution in [2.24, 2.45) is 4.99 Å². The van der Waals surface area contributed by atoms with Gasteiger partial charge in [-0.15, -0.1) is 5.92 Å². The van der Waals surface area contributed by atoms with Crippen molar-refractivity contribution in [3.8, 4) is 11.8 Å². The minimum absolute atomic E-state index is 0.293. The monoisotopic (exact) mass is 251 g/mol. The maximum absolute atomic E-state index is 11.9. The summed E-state index contributed by atoms with van der Waals surface area (Å²) < 4.78 is 5.33. The molecule has 18 heavy (non-hydrogen) atoms. The van der Waals surface area contributed by atoms with Crippen LogP contribution in [0.25, 0.3) is 0 Å². The van der Waals surface area contributed by atoms with Crippen LogP contribution >= 0.6 is 0 Å². The van der Waals surface area contributed by atoms with Crippen molar-refractivity contribution in [3.63, 3.8) is 0 Å². The van der Waals surface area contributed by atoms with Gasteiger partial charge in [0, 0.05) is 6.54 Å². The van der Waals surface area contributed by atoms with Crippen molar-refractivity contribution in [2.75, 3.05) is 26.2 Å². The molecule has 1 N–H and O–H groups in total. The summed E-state index contributed by atoms with van der Waals surface area (Å²) in [4.78, 5) is 17.9. The number of carbonyl (C=O) groups is 1. The predicted octanol–water partition coefficient (Wildman–Crippen LogP) is 1.25. The maximum Gasteiger partial charge on any atom is 0.410 e. The molecule has 0 radical (unpaired) electrons. The lowest BCUT2D eigenvalue weighted by molar-refractivity contribution is 0.0276. The van der Waals surface area contributed by atoms with E-state index in [0.717, 1.165) is 5.84 Å². The van der Waals surface area contributed by atoms with Crippen LogP contribution in [0.15, 0.2) is 4.99 Å². The molecule has 0 fully saturated rings. The first-order chi connectivity index (χ1) is 8.42. The lowest BCUT2D eigenvalue weighted by Crippen LogP contribution is -2.47. The average Bonchev–Trinajstić information content (AvgIpc) is 2.27. The number of amidine groups is 1. The first-order valence-electron chi connectivity index (χ1n) is 6.07. The van der Waals surface area contributed by atoms with Crippen LogP contribution in [-0.2, 0) is 4.74 Å². The van der Waals surface area contributed by atoms with E-state index >= 15 is 0 Å². The van der Waals surface area contributed by atoms with Crippen LogP contribution in [0.5, 0.6) is 0 Å². The summed E-state index contributed by atoms with van der Waals surface area (Å²) in [5.41, 5.74) is -0.465. The van der Waals surface area contributed by atoms with Crippen LogP contribution < -0.4 is 5.32 Å². The number of ether oxygens (including phenoxy) is 1. The van der Waals surface area contributed by atoms with Crippen molar-refractivity contribution < 1.29 is 9.53 Å². The van der Waals surface area contributed by atoms with Crippen LogP contribution in [0.2, 0.25) is 0 Å². The van der Waals surface area contributed by atoms with Crippen molar-refractivity contribution in [2.45, 2.75) is 33.3 Å². The summed E-state index contributed by atoms with van der Waals surface area (Å²) >= 11 is 0. The Kier molecular flexibility index (Phi) is 5.02. The Morgan fingerprint density at radius 1 is 1.56 bits per heavy atom. The number of hydrogen-bond donors (Lipinski definition) is 1. The molecule has 1 aliphatic rings. The van der Waals surface area contributed by atoms with E-state index in [4.69, 9.17) is 4.74 Å². The minimum atomic E-state index is -0.465. The highest BCUT2D eigenvalue weighted by Gasteiger charge is 2.24. The lowest BCUT2D eigenvalue weighted by Gasteiger charge is -2.29. The van der Waals surface area contributed by atoms with Crippen molar-refractivity contribution >= 4 is 11.9 Å². The summed E-state index contributed by atoms with van der Waals surface area (Å²) in [6, 6.07) is 0. The number of amides is 1. The maximum atomic E-state index is 11.9. The normalized spacial score (nSPS) is 15.3. The number of rotatable bonds is 1. The Hall–Kier alpha value is -1.70. The number of hydrogen-bond acceptors (Lipinski definition) is 4. The Morgan fingerprint density at radius 2 is 2.28 bits per heavy atom. The number of nitrogens with zero attached hydrogens (tertiary/aromatic N) is 2. The Labute approximate surface area is 109 Å². The van der Waals surface area contributed by atoms with E-state index in [-0.39, 0.29) is 6.09 Å². The van der Waals surface area contributed by atoms with Gasteiger partial charge < -0.3 is 10.1 Å². The van der Waals surface area contributed by atoms with Crippen LogP contribution in [0.1, 0.15) is 27.7 Å². The zero-order valence-electron chi connectivity index (χ0n) is 11.5. The van der Waals surface area contributed by atoms with Gasteiger partial charge in [-0.05, 0) is 27.7 Å². The van der Waals surface area contributed by atoms with E-state index in [1.165, 1.54) is 0 Å². The fourth-order valence-electron chi connectivity index (χ4n) is 1.44. The molecule has 0 unspecified atom stereocenters. The topological polar surface area (TPSA) is 53.9 Å². The van der Waals surface area contributed by atoms with Gasteiger partial charge in [-0.3, -0.25) is 9.89 Å². The van der Waals surface area contributed by atoms with E-state index in [9.17, 15) is 4.79 Å². The van der Waals surface area contributed by atoms with Gasteiger partial charge in [-0.2, -0.15) is 0 Å². The molecule has 0 bridgehead atoms. The molecule has 100 valence electrons. The standard InChI is InChI=1S/C13H21N3O2/c1-5-6-7-14-11-10-16(9-8-15-11)12(17)18-13(2,3)4/h7-10H2,1-4H3,(H,14,15). The SMILES string of the molecule is CC#CCNC1=NCCN(C(=O)OC(C)(C)C)C1. The fraction of sp³-hybridized carbons (Fsp3) is 0.692. The largest absolute Gasteiger partial charge is 0.444 e. The third-order valence-corrected chi connectivity index (χ3v) is 2.22. The van der Waals surface area contributed by atoms with Gasteiger partial charge in [0.2, 0.25) is 0 Å². The molecule has 0 spiro atoms. The van der Waals surface area contributed by atoms with Crippen LogP contribution in [0, 0.1) is 11.8 Å². The number of aliphatic imine (C=N–C) groups is 1. The summed E-state index contributed by atoms with van der Waals surface area (Å²) in [6.07, 6.45) is -0.293. The zero-order chi connectivity index (χ0) is 13.6. The van der Waals surface area contributed by atoms with E-state index < -0.39 is 5.60 Å². The van der Waals surface area contributed by atoms with E-state index in [1.807, 2.05) is 20.8 Å². The molecule has 0 saturated heterocycles. The molecule has 0 aromatic rings. The highest BCUT2D eigenvalue weighted by Crippen LogP contribution is 2.10. The van der Waals surface area contributed by atoms with Gasteiger partial charge >= 0.3 is 6.09 Å². The third-order valence-electron chi connectivity index (χ3n) is 2.22. The molecule has 0 aromatic carbocycles. The third kappa shape index (κ3) is 5.09. The highest BCUT2D eigenvalue weighted by molar-refractivity contribution is 5.88. The molecule has 1 amide bonds. The quantitative estimate of drug-likeness (QED) is 0.714. The Bertz CT molecular complexity index is 385. The van der Waals surface area contributed by atoms with Gasteiger partial charge in [0.15, 0.2) is 0 Å². The van der Waals surface area contributed by atoms with E-state index in [2.05, 4.69) is 22.2 Å². The summed E-state index contributed by atoms with van der Waals surface area (Å²) in [5, 5.41) is 3.10. The van der Waals surface area contributed by atoms with Gasteiger partial charge in [-0.1, -0.05) is 5.92 Å². The number of nitrogens with one attached hydrogen (secondary N) is 1. The second-order valence-electron chi connectivity index (χ2n) is 5.01. The average molecular weight is 251 g/mol. The molecule has 0 atom stereocenters. The van der Waals surface area contributed by atoms with Crippen LogP contribution in [-0.4, -0.2) is 48.6 Å². The zero-order valence-corrected chi connectivity index (χ0v) is 11.5. The Morgan fingerprint density at radius 3 is 2.89 bits per heavy atom. The second kappa shape index (κ2) is 6.29. The van der Waals surface area contributed by atoms with Crippen molar-refractivity contribution in [1.29, 1.82) is 0 Å². The van der Waals surface area contributed by atoms with Gasteiger partial charge in [-0.25, -0.2) is 4.79 Å². The smallest absolute Gasteiger partial charge is 0.410 e. The molecule has 0 saturated carbocycles. The first-order valence-corrected chi connectivity index (χ1v) is 6.07. The van der Waals surface area contributed by atoms with Gasteiger partial charge in [0.05, 0.1) is 19.6 Å². The molecule has 1 heterocycles. The predicted molar refractivity (Wildman–Crippen MR) is 71.6 cm³/mol. The van der Waals surface area contributed by atoms with Crippen LogP contribution in [0.4, 0.5) is 4.79 Å². The first kappa shape index (κ1) is 14.4. The van der Waals surface area contributed by atoms with Gasteiger partial charge in [0.25, 0.3) is 0 Å². The molecule has 0 aliphatic carbocycles. The van der Waals surface area contributed by atoms with Crippen LogP contribution in [0.3, 0.4) is 0 Å². The number of carbonyl (C=O) groups excluding carboxylic acids is 1. The fourth-order valence-corrected chi connectivity index (χ4v) is 1.44. The molecule has 1 aliphatic heterocycles. The van der Waals surface area contributed by atoms with E-state index in [0.29, 0.717) is 26.2 Å². The molecular formula is C13H21N3O2. The minimum Gasteiger partial charge on any atom is -0.444 e. The molecule has 1 rings (SSSR count). The molecule has 5 nitrogen and oxygen atoms in total. The van der Waals surface area contributed by atoms with Crippen molar-refractivity contribution in [1.82, 2.24) is 10.2 Å². The van der Waals surface area contributed by atoms with Gasteiger partial charge in [0.1, 0.15) is 11.4 Å². The second-order valence-corrected chi connectivity index (χ2v) is 5.01. The highest BCUT2D eigenvalue weighted by atomic mass is 16.6. The molecule has 5 heteroatoms. The molecular weight excluding hydrogens is 230 g/mol. The summed E-state index contributed by atoms with van der Waals surface area (Å²) in [7, 11) is 0. The summed E-state index contributed by atoms with van der Waals surface area (Å²) in [6.45, 7) is 9.58. The van der Waals surface area contributed by atoms with Crippen molar-refractivity contribution in [3.05, 3.63) is 0 Å². The molecule has 0 aromatic heterocycles. The summed E-state index contributed by atoms with van der Waals surface area (Å²) in [5.74, 6) is 6.49. The lowest BCUT2D eigenvalue weighted by atomic mass is 10.2. The Balaban J connectivity index is 2.48. The van der Waals surface area contributed by atoms with E-state index in [1.54, 1.807) is 11.8 Å².